The fraction of sp³-hybridized carbons (Fsp3) is 0.286. The van der Waals surface area contributed by atoms with Gasteiger partial charge in [0.2, 0.25) is 5.88 Å². The first-order chi connectivity index (χ1) is 5.41. The Morgan fingerprint density at radius 2 is 2.00 bits per heavy atom. The summed E-state index contributed by atoms with van der Waals surface area (Å²) in [6.07, 6.45) is -3.37. The van der Waals surface area contributed by atoms with Crippen LogP contribution in [0.4, 0.5) is 13.2 Å². The zero-order chi connectivity index (χ0) is 9.35. The predicted molar refractivity (Wildman–Crippen MR) is 35.6 cm³/mol. The van der Waals surface area contributed by atoms with E-state index in [9.17, 15) is 13.2 Å². The van der Waals surface area contributed by atoms with Gasteiger partial charge >= 0.3 is 6.18 Å². The Bertz CT molecular complexity index is 295. The normalized spacial score (nSPS) is 11.7. The first-order valence-electron chi connectivity index (χ1n) is 3.14. The van der Waals surface area contributed by atoms with E-state index in [1.807, 2.05) is 0 Å². The molecule has 0 aromatic carbocycles. The van der Waals surface area contributed by atoms with Crippen molar-refractivity contribution >= 4 is 0 Å². The number of aromatic nitrogens is 1. The van der Waals surface area contributed by atoms with Crippen LogP contribution >= 0.6 is 0 Å². The predicted octanol–water partition coefficient (Wildman–Crippen LogP) is 2.11. The van der Waals surface area contributed by atoms with Gasteiger partial charge in [-0.2, -0.15) is 13.2 Å². The van der Waals surface area contributed by atoms with Crippen LogP contribution in [0.1, 0.15) is 11.1 Å². The largest absolute Gasteiger partial charge is 0.493 e. The molecular formula is C7H6F3NO. The van der Waals surface area contributed by atoms with Crippen LogP contribution in [-0.2, 0) is 6.18 Å². The standard InChI is InChI=1S/C7H6F3NO/c1-4-2-5(7(8,9)10)6(12)11-3-4/h2-3H,1H3,(H,11,12). The molecule has 1 N–H and O–H groups in total. The molecule has 0 radical (unpaired) electrons. The summed E-state index contributed by atoms with van der Waals surface area (Å²) in [5, 5.41) is 8.74. The van der Waals surface area contributed by atoms with E-state index in [2.05, 4.69) is 4.98 Å². The highest BCUT2D eigenvalue weighted by molar-refractivity contribution is 5.30. The smallest absolute Gasteiger partial charge is 0.421 e. The highest BCUT2D eigenvalue weighted by atomic mass is 19.4. The highest BCUT2D eigenvalue weighted by Gasteiger charge is 2.34. The zero-order valence-electron chi connectivity index (χ0n) is 6.18. The number of pyridine rings is 1. The van der Waals surface area contributed by atoms with Gasteiger partial charge in [-0.25, -0.2) is 4.98 Å². The SMILES string of the molecule is Cc1cnc(O)c(C(F)(F)F)c1. The Balaban J connectivity index is 3.23. The van der Waals surface area contributed by atoms with Crippen LogP contribution in [0.2, 0.25) is 0 Å². The summed E-state index contributed by atoms with van der Waals surface area (Å²) in [6, 6.07) is 0.850. The molecule has 0 unspecified atom stereocenters. The molecule has 2 nitrogen and oxygen atoms in total. The molecule has 0 atom stereocenters. The average Bonchev–Trinajstić information content (AvgIpc) is 1.92. The fourth-order valence-corrected chi connectivity index (χ4v) is 0.771. The van der Waals surface area contributed by atoms with Crippen LogP contribution in [0.25, 0.3) is 0 Å². The Morgan fingerprint density at radius 3 is 2.42 bits per heavy atom. The van der Waals surface area contributed by atoms with Gasteiger partial charge in [-0.05, 0) is 18.6 Å². The van der Waals surface area contributed by atoms with Crippen LogP contribution in [0.3, 0.4) is 0 Å². The molecule has 12 heavy (non-hydrogen) atoms. The van der Waals surface area contributed by atoms with Gasteiger partial charge in [0.25, 0.3) is 0 Å². The summed E-state index contributed by atoms with van der Waals surface area (Å²) < 4.78 is 36.1. The van der Waals surface area contributed by atoms with E-state index < -0.39 is 17.6 Å². The molecule has 1 aromatic rings. The zero-order valence-corrected chi connectivity index (χ0v) is 6.18. The van der Waals surface area contributed by atoms with Crippen molar-refractivity contribution in [2.24, 2.45) is 0 Å². The van der Waals surface area contributed by atoms with Crippen molar-refractivity contribution in [3.05, 3.63) is 23.4 Å². The summed E-state index contributed by atoms with van der Waals surface area (Å²) in [5.41, 5.74) is -0.734. The third-order valence-electron chi connectivity index (χ3n) is 1.31. The third kappa shape index (κ3) is 1.66. The quantitative estimate of drug-likeness (QED) is 0.658. The number of alkyl halides is 3. The molecule has 0 fully saturated rings. The van der Waals surface area contributed by atoms with Crippen LogP contribution in [0, 0.1) is 6.92 Å². The first kappa shape index (κ1) is 8.83. The average molecular weight is 177 g/mol. The van der Waals surface area contributed by atoms with Gasteiger partial charge in [-0.1, -0.05) is 0 Å². The van der Waals surface area contributed by atoms with Gasteiger partial charge in [0.15, 0.2) is 0 Å². The monoisotopic (exact) mass is 177 g/mol. The Kier molecular flexibility index (Phi) is 1.95. The van der Waals surface area contributed by atoms with Crippen molar-refractivity contribution in [3.8, 4) is 5.88 Å². The molecule has 5 heteroatoms. The Labute approximate surface area is 66.7 Å². The maximum absolute atomic E-state index is 12.0. The fourth-order valence-electron chi connectivity index (χ4n) is 0.771. The lowest BCUT2D eigenvalue weighted by atomic mass is 10.2. The lowest BCUT2D eigenvalue weighted by Crippen LogP contribution is -2.06. The van der Waals surface area contributed by atoms with Crippen molar-refractivity contribution in [3.63, 3.8) is 0 Å². The van der Waals surface area contributed by atoms with E-state index in [0.717, 1.165) is 6.07 Å². The molecule has 0 aliphatic heterocycles. The number of aryl methyl sites for hydroxylation is 1. The second-order valence-corrected chi connectivity index (χ2v) is 2.38. The minimum Gasteiger partial charge on any atom is -0.493 e. The molecule has 0 amide bonds. The van der Waals surface area contributed by atoms with E-state index in [4.69, 9.17) is 5.11 Å². The van der Waals surface area contributed by atoms with Gasteiger partial charge in [-0.15, -0.1) is 0 Å². The summed E-state index contributed by atoms with van der Waals surface area (Å²) in [4.78, 5) is 3.18. The first-order valence-corrected chi connectivity index (χ1v) is 3.14. The number of halogens is 3. The number of rotatable bonds is 0. The van der Waals surface area contributed by atoms with E-state index in [-0.39, 0.29) is 0 Å². The summed E-state index contributed by atoms with van der Waals surface area (Å²) >= 11 is 0. The van der Waals surface area contributed by atoms with Crippen molar-refractivity contribution in [1.29, 1.82) is 0 Å². The minimum absolute atomic E-state index is 0.361. The van der Waals surface area contributed by atoms with E-state index in [1.165, 1.54) is 13.1 Å². The molecule has 0 saturated carbocycles. The van der Waals surface area contributed by atoms with E-state index >= 15 is 0 Å². The van der Waals surface area contributed by atoms with Gasteiger partial charge in [0.1, 0.15) is 5.56 Å². The molecular weight excluding hydrogens is 171 g/mol. The molecule has 1 rings (SSSR count). The molecule has 0 bridgehead atoms. The van der Waals surface area contributed by atoms with Gasteiger partial charge in [-0.3, -0.25) is 0 Å². The third-order valence-corrected chi connectivity index (χ3v) is 1.31. The Hall–Kier alpha value is -1.26. The second-order valence-electron chi connectivity index (χ2n) is 2.38. The van der Waals surface area contributed by atoms with Gasteiger partial charge in [0, 0.05) is 6.20 Å². The number of nitrogens with zero attached hydrogens (tertiary/aromatic N) is 1. The lowest BCUT2D eigenvalue weighted by Gasteiger charge is -2.07. The van der Waals surface area contributed by atoms with E-state index in [0.29, 0.717) is 5.56 Å². The molecule has 66 valence electrons. The molecule has 1 aromatic heterocycles. The molecule has 0 saturated heterocycles. The van der Waals surface area contributed by atoms with Gasteiger partial charge in [0.05, 0.1) is 0 Å². The maximum atomic E-state index is 12.0. The molecule has 0 aliphatic carbocycles. The summed E-state index contributed by atoms with van der Waals surface area (Å²) in [6.45, 7) is 1.47. The number of hydrogen-bond donors (Lipinski definition) is 1. The lowest BCUT2D eigenvalue weighted by molar-refractivity contribution is -0.139. The highest BCUT2D eigenvalue weighted by Crippen LogP contribution is 2.34. The van der Waals surface area contributed by atoms with Crippen LogP contribution < -0.4 is 0 Å². The summed E-state index contributed by atoms with van der Waals surface area (Å²) in [5.74, 6) is -0.979. The molecule has 0 aliphatic rings. The summed E-state index contributed by atoms with van der Waals surface area (Å²) in [7, 11) is 0. The van der Waals surface area contributed by atoms with Crippen molar-refractivity contribution in [1.82, 2.24) is 4.98 Å². The van der Waals surface area contributed by atoms with Gasteiger partial charge < -0.3 is 5.11 Å². The molecule has 0 spiro atoms. The van der Waals surface area contributed by atoms with Crippen molar-refractivity contribution in [2.75, 3.05) is 0 Å². The molecule has 1 heterocycles. The Morgan fingerprint density at radius 1 is 1.42 bits per heavy atom. The van der Waals surface area contributed by atoms with Crippen molar-refractivity contribution < 1.29 is 18.3 Å². The van der Waals surface area contributed by atoms with E-state index in [1.54, 1.807) is 0 Å². The number of aromatic hydroxyl groups is 1. The number of hydrogen-bond acceptors (Lipinski definition) is 2. The van der Waals surface area contributed by atoms with Crippen LogP contribution in [0.15, 0.2) is 12.3 Å². The minimum atomic E-state index is -4.54. The maximum Gasteiger partial charge on any atom is 0.421 e. The second kappa shape index (κ2) is 2.66. The van der Waals surface area contributed by atoms with Crippen molar-refractivity contribution in [2.45, 2.75) is 13.1 Å². The topological polar surface area (TPSA) is 33.1 Å². The van der Waals surface area contributed by atoms with Crippen LogP contribution in [-0.4, -0.2) is 10.1 Å². The van der Waals surface area contributed by atoms with Crippen LogP contribution in [0.5, 0.6) is 5.88 Å².